The molecule has 2 aliphatic heterocycles. The van der Waals surface area contributed by atoms with E-state index in [0.717, 1.165) is 60.4 Å². The summed E-state index contributed by atoms with van der Waals surface area (Å²) in [4.78, 5) is 11.3. The molecule has 2 saturated heterocycles. The van der Waals surface area contributed by atoms with Crippen molar-refractivity contribution in [2.75, 3.05) is 31.2 Å². The first-order valence-corrected chi connectivity index (χ1v) is 11.8. The Morgan fingerprint density at radius 3 is 2.53 bits per heavy atom. The molecule has 0 N–H and O–H groups in total. The van der Waals surface area contributed by atoms with Gasteiger partial charge in [-0.1, -0.05) is 37.6 Å². The molecule has 0 unspecified atom stereocenters. The van der Waals surface area contributed by atoms with Crippen LogP contribution in [0.1, 0.15) is 41.8 Å². The van der Waals surface area contributed by atoms with E-state index in [-0.39, 0.29) is 5.41 Å². The van der Waals surface area contributed by atoms with E-state index in [1.807, 2.05) is 37.3 Å². The zero-order valence-electron chi connectivity index (χ0n) is 19.6. The van der Waals surface area contributed by atoms with Crippen LogP contribution < -0.4 is 9.64 Å². The Labute approximate surface area is 205 Å². The third-order valence-electron chi connectivity index (χ3n) is 7.00. The van der Waals surface area contributed by atoms with Crippen molar-refractivity contribution in [1.29, 1.82) is 5.26 Å². The van der Waals surface area contributed by atoms with E-state index in [0.29, 0.717) is 22.6 Å². The number of rotatable bonds is 6. The molecule has 0 atom stereocenters. The van der Waals surface area contributed by atoms with Crippen LogP contribution in [0.25, 0.3) is 0 Å². The van der Waals surface area contributed by atoms with Gasteiger partial charge < -0.3 is 14.4 Å². The second kappa shape index (κ2) is 8.57. The zero-order chi connectivity index (χ0) is 23.9. The summed E-state index contributed by atoms with van der Waals surface area (Å²) in [5, 5.41) is 10.1. The van der Waals surface area contributed by atoms with E-state index in [9.17, 15) is 5.26 Å². The number of benzene rings is 2. The Hall–Kier alpha value is -3.14. The van der Waals surface area contributed by atoms with Gasteiger partial charge in [-0.15, -0.1) is 0 Å². The maximum Gasteiger partial charge on any atom is 0.225 e. The number of halogens is 1. The molecule has 2 aromatic carbocycles. The third kappa shape index (κ3) is 4.11. The van der Waals surface area contributed by atoms with Gasteiger partial charge in [-0.25, -0.2) is 9.97 Å². The summed E-state index contributed by atoms with van der Waals surface area (Å²) in [6.45, 7) is 10.1. The van der Waals surface area contributed by atoms with Crippen molar-refractivity contribution < 1.29 is 9.47 Å². The van der Waals surface area contributed by atoms with Gasteiger partial charge in [-0.2, -0.15) is 5.26 Å². The molecular weight excluding hydrogens is 448 g/mol. The highest BCUT2D eigenvalue weighted by Gasteiger charge is 2.49. The normalized spacial score (nSPS) is 16.5. The number of ether oxygens (including phenoxy) is 2. The van der Waals surface area contributed by atoms with Crippen molar-refractivity contribution in [2.24, 2.45) is 5.41 Å². The highest BCUT2D eigenvalue weighted by atomic mass is 35.5. The number of hydrogen-bond acceptors (Lipinski definition) is 6. The molecule has 0 amide bonds. The van der Waals surface area contributed by atoms with Gasteiger partial charge in [0.15, 0.2) is 0 Å². The number of aromatic nitrogens is 2. The van der Waals surface area contributed by atoms with Gasteiger partial charge in [0.2, 0.25) is 5.95 Å². The molecule has 174 valence electrons. The first-order chi connectivity index (χ1) is 16.3. The molecule has 7 heteroatoms. The summed E-state index contributed by atoms with van der Waals surface area (Å²) in [6.07, 6.45) is 1.79. The molecule has 2 fully saturated rings. The van der Waals surface area contributed by atoms with Gasteiger partial charge in [0.25, 0.3) is 0 Å². The lowest BCUT2D eigenvalue weighted by atomic mass is 9.77. The SMILES string of the molecule is Cc1c(Cl)cc(C(C)(C)c2ccc(OCc3ccnc(N4CC5(COC5)C4)n3)cc2)cc1C#N. The predicted octanol–water partition coefficient (Wildman–Crippen LogP) is 5.05. The molecule has 0 bridgehead atoms. The minimum atomic E-state index is -0.316. The molecule has 1 aromatic heterocycles. The molecule has 34 heavy (non-hydrogen) atoms. The average molecular weight is 475 g/mol. The topological polar surface area (TPSA) is 71.3 Å². The minimum Gasteiger partial charge on any atom is -0.487 e. The molecule has 1 spiro atoms. The predicted molar refractivity (Wildman–Crippen MR) is 131 cm³/mol. The molecule has 2 aliphatic rings. The van der Waals surface area contributed by atoms with Crippen LogP contribution in [0.3, 0.4) is 0 Å². The van der Waals surface area contributed by atoms with Gasteiger partial charge in [-0.05, 0) is 53.9 Å². The molecule has 3 aromatic rings. The highest BCUT2D eigenvalue weighted by molar-refractivity contribution is 6.31. The van der Waals surface area contributed by atoms with E-state index in [1.54, 1.807) is 6.20 Å². The summed E-state index contributed by atoms with van der Waals surface area (Å²) in [5.41, 5.74) is 4.38. The van der Waals surface area contributed by atoms with Crippen molar-refractivity contribution in [2.45, 2.75) is 32.8 Å². The molecule has 0 aliphatic carbocycles. The number of nitriles is 1. The monoisotopic (exact) mass is 474 g/mol. The lowest BCUT2D eigenvalue weighted by molar-refractivity contribution is -0.127. The van der Waals surface area contributed by atoms with Gasteiger partial charge in [0, 0.05) is 29.7 Å². The zero-order valence-corrected chi connectivity index (χ0v) is 20.4. The maximum atomic E-state index is 9.45. The van der Waals surface area contributed by atoms with Crippen molar-refractivity contribution in [1.82, 2.24) is 9.97 Å². The van der Waals surface area contributed by atoms with E-state index in [1.165, 1.54) is 0 Å². The molecule has 3 heterocycles. The van der Waals surface area contributed by atoms with Crippen molar-refractivity contribution in [3.8, 4) is 11.8 Å². The number of hydrogen-bond donors (Lipinski definition) is 0. The summed E-state index contributed by atoms with van der Waals surface area (Å²) in [6, 6.07) is 16.1. The third-order valence-corrected chi connectivity index (χ3v) is 7.39. The van der Waals surface area contributed by atoms with Crippen molar-refractivity contribution in [3.05, 3.63) is 81.6 Å². The van der Waals surface area contributed by atoms with Crippen LogP contribution in [0.4, 0.5) is 5.95 Å². The summed E-state index contributed by atoms with van der Waals surface area (Å²) in [5.74, 6) is 1.53. The van der Waals surface area contributed by atoms with Crippen LogP contribution in [0.2, 0.25) is 5.02 Å². The van der Waals surface area contributed by atoms with E-state index in [4.69, 9.17) is 21.1 Å². The summed E-state index contributed by atoms with van der Waals surface area (Å²) in [7, 11) is 0. The number of nitrogens with zero attached hydrogens (tertiary/aromatic N) is 4. The Balaban J connectivity index is 1.25. The minimum absolute atomic E-state index is 0.316. The van der Waals surface area contributed by atoms with Crippen LogP contribution in [-0.4, -0.2) is 36.3 Å². The van der Waals surface area contributed by atoms with Crippen LogP contribution in [0, 0.1) is 23.7 Å². The summed E-state index contributed by atoms with van der Waals surface area (Å²) >= 11 is 6.39. The fourth-order valence-corrected chi connectivity index (χ4v) is 4.76. The Morgan fingerprint density at radius 2 is 1.88 bits per heavy atom. The first-order valence-electron chi connectivity index (χ1n) is 11.4. The molecular formula is C27H27ClN4O2. The van der Waals surface area contributed by atoms with Crippen LogP contribution in [0.15, 0.2) is 48.7 Å². The van der Waals surface area contributed by atoms with Crippen molar-refractivity contribution in [3.63, 3.8) is 0 Å². The van der Waals surface area contributed by atoms with Crippen LogP contribution in [0.5, 0.6) is 5.75 Å². The van der Waals surface area contributed by atoms with E-state index >= 15 is 0 Å². The van der Waals surface area contributed by atoms with E-state index in [2.05, 4.69) is 46.9 Å². The van der Waals surface area contributed by atoms with Crippen molar-refractivity contribution >= 4 is 17.5 Å². The second-order valence-corrected chi connectivity index (χ2v) is 10.3. The smallest absolute Gasteiger partial charge is 0.225 e. The van der Waals surface area contributed by atoms with Crippen LogP contribution >= 0.6 is 11.6 Å². The van der Waals surface area contributed by atoms with Gasteiger partial charge in [-0.3, -0.25) is 0 Å². The molecule has 6 nitrogen and oxygen atoms in total. The Bertz CT molecular complexity index is 1250. The highest BCUT2D eigenvalue weighted by Crippen LogP contribution is 2.39. The molecule has 0 radical (unpaired) electrons. The Kier molecular flexibility index (Phi) is 5.71. The second-order valence-electron chi connectivity index (χ2n) is 9.88. The van der Waals surface area contributed by atoms with Gasteiger partial charge in [0.1, 0.15) is 12.4 Å². The summed E-state index contributed by atoms with van der Waals surface area (Å²) < 4.78 is 11.3. The molecule has 5 rings (SSSR count). The first kappa shape index (κ1) is 22.6. The molecule has 0 saturated carbocycles. The fraction of sp³-hybridized carbons (Fsp3) is 0.370. The number of anilines is 1. The van der Waals surface area contributed by atoms with E-state index < -0.39 is 0 Å². The quantitative estimate of drug-likeness (QED) is 0.497. The standard InChI is InChI=1S/C27H27ClN4O2/c1-18-19(12-29)10-21(11-24(18)28)26(2,3)20-4-6-23(7-5-20)34-13-22-8-9-30-25(31-22)32-14-27(15-32)16-33-17-27/h4-11H,13-17H2,1-3H3. The van der Waals surface area contributed by atoms with Gasteiger partial charge >= 0.3 is 0 Å². The lowest BCUT2D eigenvalue weighted by Crippen LogP contribution is -2.66. The average Bonchev–Trinajstić information content (AvgIpc) is 2.78. The van der Waals surface area contributed by atoms with Crippen LogP contribution in [-0.2, 0) is 16.8 Å². The van der Waals surface area contributed by atoms with Gasteiger partial charge in [0.05, 0.1) is 36.0 Å². The Morgan fingerprint density at radius 1 is 1.15 bits per heavy atom. The maximum absolute atomic E-state index is 9.45. The fourth-order valence-electron chi connectivity index (χ4n) is 4.54. The largest absolute Gasteiger partial charge is 0.487 e. The lowest BCUT2D eigenvalue weighted by Gasteiger charge is -2.54.